The van der Waals surface area contributed by atoms with Crippen molar-refractivity contribution in [3.63, 3.8) is 0 Å². The Morgan fingerprint density at radius 1 is 0.426 bits per heavy atom. The molecule has 4 nitrogen and oxygen atoms in total. The number of hydrogen-bond acceptors (Lipinski definition) is 3. The third kappa shape index (κ3) is 36.5. The van der Waals surface area contributed by atoms with Gasteiger partial charge < -0.3 is 15.5 Å². The van der Waals surface area contributed by atoms with E-state index in [1.54, 1.807) is 0 Å². The Kier molecular flexibility index (Phi) is 39.3. The van der Waals surface area contributed by atoms with Gasteiger partial charge in [-0.2, -0.15) is 0 Å². The number of unbranched alkanes of at least 4 members (excludes halogenated alkanes) is 33. The molecule has 0 aliphatic heterocycles. The molecule has 282 valence electrons. The molecule has 0 radical (unpaired) electrons. The normalized spacial score (nSPS) is 12.9. The van der Waals surface area contributed by atoms with Gasteiger partial charge in [0.25, 0.3) is 0 Å². The molecule has 0 saturated carbocycles. The summed E-state index contributed by atoms with van der Waals surface area (Å²) in [6.07, 6.45) is 47.6. The lowest BCUT2D eigenvalue weighted by atomic mass is 10.0. The number of amides is 1. The van der Waals surface area contributed by atoms with Crippen LogP contribution in [0.5, 0.6) is 0 Å². The molecule has 0 rings (SSSR count). The van der Waals surface area contributed by atoms with Gasteiger partial charge in [-0.3, -0.25) is 4.79 Å². The van der Waals surface area contributed by atoms with Crippen LogP contribution < -0.4 is 5.32 Å². The zero-order chi connectivity index (χ0) is 34.3. The van der Waals surface area contributed by atoms with Gasteiger partial charge >= 0.3 is 0 Å². The minimum absolute atomic E-state index is 0.0270. The van der Waals surface area contributed by atoms with Crippen LogP contribution in [-0.2, 0) is 4.79 Å². The maximum Gasteiger partial charge on any atom is 0.220 e. The van der Waals surface area contributed by atoms with E-state index in [0.29, 0.717) is 12.8 Å². The molecule has 47 heavy (non-hydrogen) atoms. The second kappa shape index (κ2) is 39.8. The van der Waals surface area contributed by atoms with Gasteiger partial charge in [-0.25, -0.2) is 0 Å². The second-order valence-electron chi connectivity index (χ2n) is 15.1. The summed E-state index contributed by atoms with van der Waals surface area (Å²) in [5, 5.41) is 23.1. The molecule has 0 heterocycles. The maximum atomic E-state index is 12.4. The van der Waals surface area contributed by atoms with Gasteiger partial charge in [0.1, 0.15) is 0 Å². The number of aliphatic hydroxyl groups is 2. The lowest BCUT2D eigenvalue weighted by molar-refractivity contribution is -0.123. The van der Waals surface area contributed by atoms with Crippen molar-refractivity contribution in [1.82, 2.24) is 5.32 Å². The molecule has 1 amide bonds. The molecule has 0 saturated heterocycles. The van der Waals surface area contributed by atoms with Crippen molar-refractivity contribution < 1.29 is 15.0 Å². The molecule has 0 aliphatic carbocycles. The summed E-state index contributed by atoms with van der Waals surface area (Å²) in [4.78, 5) is 12.4. The number of hydrogen-bond donors (Lipinski definition) is 3. The van der Waals surface area contributed by atoms with Gasteiger partial charge in [-0.15, -0.1) is 0 Å². The van der Waals surface area contributed by atoms with Crippen LogP contribution in [0, 0.1) is 0 Å². The van der Waals surface area contributed by atoms with Crippen LogP contribution in [0.15, 0.2) is 0 Å². The van der Waals surface area contributed by atoms with Crippen LogP contribution in [0.25, 0.3) is 0 Å². The first-order chi connectivity index (χ1) is 23.2. The first-order valence-electron chi connectivity index (χ1n) is 21.7. The number of nitrogens with one attached hydrogen (secondary N) is 1. The Labute approximate surface area is 295 Å². The standard InChI is InChI=1S/C43H87NO3/c1-3-5-7-9-11-13-15-16-17-18-19-20-21-22-23-24-25-26-27-29-31-33-35-37-39-43(47)44-41(40-45)42(46)38-36-34-32-30-28-14-12-10-8-6-4-2/h41-42,45-46H,3-40H2,1-2H3,(H,44,47)/t41-,42+/m0/s1. The second-order valence-corrected chi connectivity index (χ2v) is 15.1. The van der Waals surface area contributed by atoms with Gasteiger partial charge in [0.15, 0.2) is 0 Å². The zero-order valence-electron chi connectivity index (χ0n) is 32.3. The van der Waals surface area contributed by atoms with Crippen LogP contribution in [0.1, 0.15) is 251 Å². The molecule has 0 aromatic rings. The van der Waals surface area contributed by atoms with Crippen molar-refractivity contribution in [3.05, 3.63) is 0 Å². The fraction of sp³-hybridized carbons (Fsp3) is 0.977. The van der Waals surface area contributed by atoms with Gasteiger partial charge in [0, 0.05) is 6.42 Å². The van der Waals surface area contributed by atoms with E-state index in [-0.39, 0.29) is 12.5 Å². The number of rotatable bonds is 40. The molecule has 0 spiro atoms. The number of carbonyl (C=O) groups excluding carboxylic acids is 1. The van der Waals surface area contributed by atoms with Crippen molar-refractivity contribution in [2.24, 2.45) is 0 Å². The zero-order valence-corrected chi connectivity index (χ0v) is 32.3. The predicted molar refractivity (Wildman–Crippen MR) is 207 cm³/mol. The van der Waals surface area contributed by atoms with Gasteiger partial charge in [-0.1, -0.05) is 232 Å². The topological polar surface area (TPSA) is 69.6 Å². The quantitative estimate of drug-likeness (QED) is 0.0570. The lowest BCUT2D eigenvalue weighted by Gasteiger charge is -2.22. The lowest BCUT2D eigenvalue weighted by Crippen LogP contribution is -2.45. The fourth-order valence-electron chi connectivity index (χ4n) is 7.01. The molecule has 4 heteroatoms. The molecular weight excluding hydrogens is 578 g/mol. The predicted octanol–water partition coefficient (Wildman–Crippen LogP) is 13.3. The maximum absolute atomic E-state index is 12.4. The average molecular weight is 666 g/mol. The summed E-state index contributed by atoms with van der Waals surface area (Å²) in [5.74, 6) is -0.0270. The van der Waals surface area contributed by atoms with Crippen molar-refractivity contribution in [1.29, 1.82) is 0 Å². The van der Waals surface area contributed by atoms with Crippen LogP contribution >= 0.6 is 0 Å². The molecule has 0 bridgehead atoms. The highest BCUT2D eigenvalue weighted by Gasteiger charge is 2.20. The van der Waals surface area contributed by atoms with Crippen LogP contribution in [0.2, 0.25) is 0 Å². The smallest absolute Gasteiger partial charge is 0.220 e. The third-order valence-electron chi connectivity index (χ3n) is 10.4. The van der Waals surface area contributed by atoms with E-state index in [1.807, 2.05) is 0 Å². The highest BCUT2D eigenvalue weighted by molar-refractivity contribution is 5.76. The first-order valence-corrected chi connectivity index (χ1v) is 21.7. The van der Waals surface area contributed by atoms with Crippen LogP contribution in [0.4, 0.5) is 0 Å². The molecule has 0 fully saturated rings. The molecule has 2 atom stereocenters. The Morgan fingerprint density at radius 2 is 0.681 bits per heavy atom. The van der Waals surface area contributed by atoms with E-state index in [4.69, 9.17) is 0 Å². The van der Waals surface area contributed by atoms with E-state index in [9.17, 15) is 15.0 Å². The Balaban J connectivity index is 3.41. The molecular formula is C43H87NO3. The van der Waals surface area contributed by atoms with Gasteiger partial charge in [-0.05, 0) is 12.8 Å². The summed E-state index contributed by atoms with van der Waals surface area (Å²) in [5.41, 5.74) is 0. The van der Waals surface area contributed by atoms with Crippen molar-refractivity contribution in [2.75, 3.05) is 6.61 Å². The summed E-state index contributed by atoms with van der Waals surface area (Å²) in [7, 11) is 0. The Morgan fingerprint density at radius 3 is 0.957 bits per heavy atom. The van der Waals surface area contributed by atoms with E-state index < -0.39 is 12.1 Å². The number of aliphatic hydroxyl groups excluding tert-OH is 2. The van der Waals surface area contributed by atoms with Crippen molar-refractivity contribution >= 4 is 5.91 Å². The molecule has 0 aromatic carbocycles. The molecule has 0 unspecified atom stereocenters. The average Bonchev–Trinajstić information content (AvgIpc) is 3.07. The fourth-order valence-corrected chi connectivity index (χ4v) is 7.01. The van der Waals surface area contributed by atoms with E-state index in [1.165, 1.54) is 199 Å². The largest absolute Gasteiger partial charge is 0.394 e. The van der Waals surface area contributed by atoms with Crippen LogP contribution in [0.3, 0.4) is 0 Å². The van der Waals surface area contributed by atoms with E-state index in [0.717, 1.165) is 25.7 Å². The first kappa shape index (κ1) is 46.4. The van der Waals surface area contributed by atoms with E-state index in [2.05, 4.69) is 19.2 Å². The SMILES string of the molecule is CCCCCCCCCCCCCCCCCCCCCCCCCCC(=O)N[C@@H](CO)[C@H](O)CCCCCCCCCCCCC. The summed E-state index contributed by atoms with van der Waals surface area (Å²) < 4.78 is 0. The summed E-state index contributed by atoms with van der Waals surface area (Å²) in [6, 6.07) is -0.528. The summed E-state index contributed by atoms with van der Waals surface area (Å²) >= 11 is 0. The molecule has 0 aromatic heterocycles. The monoisotopic (exact) mass is 666 g/mol. The minimum atomic E-state index is -0.651. The Bertz CT molecular complexity index is 598. The van der Waals surface area contributed by atoms with Crippen molar-refractivity contribution in [3.8, 4) is 0 Å². The molecule has 0 aliphatic rings. The van der Waals surface area contributed by atoms with Gasteiger partial charge in [0.05, 0.1) is 18.8 Å². The molecule has 3 N–H and O–H groups in total. The third-order valence-corrected chi connectivity index (χ3v) is 10.4. The highest BCUT2D eigenvalue weighted by Crippen LogP contribution is 2.17. The van der Waals surface area contributed by atoms with Crippen LogP contribution in [-0.4, -0.2) is 34.9 Å². The number of carbonyl (C=O) groups is 1. The van der Waals surface area contributed by atoms with Gasteiger partial charge in [0.2, 0.25) is 5.91 Å². The van der Waals surface area contributed by atoms with Crippen molar-refractivity contribution in [2.45, 2.75) is 264 Å². The minimum Gasteiger partial charge on any atom is -0.394 e. The Hall–Kier alpha value is -0.610. The summed E-state index contributed by atoms with van der Waals surface area (Å²) in [6.45, 7) is 4.37. The highest BCUT2D eigenvalue weighted by atomic mass is 16.3. The van der Waals surface area contributed by atoms with E-state index >= 15 is 0 Å².